The summed E-state index contributed by atoms with van der Waals surface area (Å²) in [4.78, 5) is 19.5. The molecule has 4 N–H and O–H groups in total. The van der Waals surface area contributed by atoms with Crippen molar-refractivity contribution in [3.8, 4) is 11.5 Å². The average molecular weight is 418 g/mol. The predicted octanol–water partition coefficient (Wildman–Crippen LogP) is 2.44. The third-order valence-electron chi connectivity index (χ3n) is 4.71. The number of carbonyl (C=O) groups excluding carboxylic acids is 1. The number of H-pyrrole nitrogens is 1. The molecule has 1 heterocycles. The quantitative estimate of drug-likeness (QED) is 0.285. The normalized spacial score (nSPS) is 12.0. The first-order valence-electron chi connectivity index (χ1n) is 10.2. The van der Waals surface area contributed by atoms with Gasteiger partial charge in [0, 0.05) is 55.3 Å². The summed E-state index contributed by atoms with van der Waals surface area (Å²) in [5.74, 6) is 2.33. The van der Waals surface area contributed by atoms with Gasteiger partial charge in [-0.15, -0.1) is 0 Å². The van der Waals surface area contributed by atoms with E-state index in [1.807, 2.05) is 32.9 Å². The molecule has 0 atom stereocenters. The molecule has 1 aromatic heterocycles. The largest absolute Gasteiger partial charge is 0.497 e. The second-order valence-electron chi connectivity index (χ2n) is 8.12. The highest BCUT2D eigenvalue weighted by Crippen LogP contribution is 2.31. The van der Waals surface area contributed by atoms with Gasteiger partial charge in [0.15, 0.2) is 5.96 Å². The zero-order valence-corrected chi connectivity index (χ0v) is 18.9. The van der Waals surface area contributed by atoms with Crippen molar-refractivity contribution >= 4 is 22.8 Å². The maximum atomic E-state index is 11.9. The number of aliphatic imine (C=N–C) groups is 1. The number of amides is 1. The lowest BCUT2D eigenvalue weighted by Crippen LogP contribution is -2.43. The van der Waals surface area contributed by atoms with Crippen molar-refractivity contribution in [2.24, 2.45) is 10.4 Å². The first-order valence-corrected chi connectivity index (χ1v) is 10.2. The average Bonchev–Trinajstić information content (AvgIpc) is 3.13. The molecule has 1 amide bonds. The van der Waals surface area contributed by atoms with Crippen molar-refractivity contribution < 1.29 is 14.3 Å². The van der Waals surface area contributed by atoms with E-state index in [1.165, 1.54) is 0 Å². The lowest BCUT2D eigenvalue weighted by Gasteiger charge is -2.18. The van der Waals surface area contributed by atoms with Gasteiger partial charge in [-0.05, 0) is 18.9 Å². The van der Waals surface area contributed by atoms with Crippen LogP contribution in [-0.4, -0.2) is 57.8 Å². The molecule has 0 aliphatic heterocycles. The molecular weight excluding hydrogens is 382 g/mol. The summed E-state index contributed by atoms with van der Waals surface area (Å²) >= 11 is 0. The Morgan fingerprint density at radius 3 is 2.37 bits per heavy atom. The van der Waals surface area contributed by atoms with E-state index in [2.05, 4.69) is 32.0 Å². The first-order chi connectivity index (χ1) is 14.3. The van der Waals surface area contributed by atoms with Gasteiger partial charge in [0.1, 0.15) is 11.5 Å². The van der Waals surface area contributed by atoms with Crippen molar-refractivity contribution in [2.75, 3.05) is 40.9 Å². The van der Waals surface area contributed by atoms with Gasteiger partial charge in [-0.3, -0.25) is 9.79 Å². The van der Waals surface area contributed by atoms with Gasteiger partial charge < -0.3 is 30.4 Å². The molecule has 0 spiro atoms. The van der Waals surface area contributed by atoms with E-state index in [9.17, 15) is 4.79 Å². The van der Waals surface area contributed by atoms with Crippen LogP contribution in [0.25, 0.3) is 10.9 Å². The molecule has 2 rings (SSSR count). The molecule has 0 fully saturated rings. The summed E-state index contributed by atoms with van der Waals surface area (Å²) in [5.41, 5.74) is 1.77. The van der Waals surface area contributed by atoms with Crippen LogP contribution in [0.4, 0.5) is 0 Å². The maximum absolute atomic E-state index is 11.9. The molecule has 0 bridgehead atoms. The third kappa shape index (κ3) is 6.57. The fourth-order valence-corrected chi connectivity index (χ4v) is 2.99. The molecule has 30 heavy (non-hydrogen) atoms. The molecule has 0 saturated heterocycles. The molecular formula is C22H35N5O3. The monoisotopic (exact) mass is 417 g/mol. The van der Waals surface area contributed by atoms with Crippen LogP contribution in [0.3, 0.4) is 0 Å². The van der Waals surface area contributed by atoms with E-state index in [0.29, 0.717) is 13.1 Å². The van der Waals surface area contributed by atoms with Gasteiger partial charge >= 0.3 is 0 Å². The highest BCUT2D eigenvalue weighted by molar-refractivity contribution is 5.88. The van der Waals surface area contributed by atoms with Crippen LogP contribution in [-0.2, 0) is 11.2 Å². The standard InChI is InChI=1S/C22H35N5O3/c1-22(2,3)20(28)24-10-11-26-21(23-4)25-9-7-8-15-12-17-18(27-15)13-16(29-5)14-19(17)30-6/h12-14,27H,7-11H2,1-6H3,(H,24,28)(H2,23,25,26). The minimum Gasteiger partial charge on any atom is -0.497 e. The Labute approximate surface area is 178 Å². The van der Waals surface area contributed by atoms with Crippen LogP contribution < -0.4 is 25.4 Å². The fourth-order valence-electron chi connectivity index (χ4n) is 2.99. The topological polar surface area (TPSA) is 99.8 Å². The molecule has 0 saturated carbocycles. The number of aromatic amines is 1. The van der Waals surface area contributed by atoms with Gasteiger partial charge in [-0.2, -0.15) is 0 Å². The third-order valence-corrected chi connectivity index (χ3v) is 4.71. The van der Waals surface area contributed by atoms with Crippen LogP contribution in [0.5, 0.6) is 11.5 Å². The number of rotatable bonds is 9. The molecule has 8 heteroatoms. The number of hydrogen-bond donors (Lipinski definition) is 4. The minimum absolute atomic E-state index is 0.0415. The van der Waals surface area contributed by atoms with Crippen molar-refractivity contribution in [3.63, 3.8) is 0 Å². The van der Waals surface area contributed by atoms with E-state index in [1.54, 1.807) is 21.3 Å². The summed E-state index contributed by atoms with van der Waals surface area (Å²) in [5, 5.41) is 10.5. The number of hydrogen-bond acceptors (Lipinski definition) is 4. The number of guanidine groups is 1. The number of nitrogens with zero attached hydrogens (tertiary/aromatic N) is 1. The van der Waals surface area contributed by atoms with Gasteiger partial charge in [0.25, 0.3) is 0 Å². The van der Waals surface area contributed by atoms with E-state index < -0.39 is 0 Å². The summed E-state index contributed by atoms with van der Waals surface area (Å²) in [6, 6.07) is 5.99. The number of nitrogens with one attached hydrogen (secondary N) is 4. The summed E-state index contributed by atoms with van der Waals surface area (Å²) < 4.78 is 10.8. The molecule has 0 aliphatic carbocycles. The van der Waals surface area contributed by atoms with Gasteiger partial charge in [-0.25, -0.2) is 0 Å². The molecule has 2 aromatic rings. The fraction of sp³-hybridized carbons (Fsp3) is 0.545. The number of fused-ring (bicyclic) bond motifs is 1. The number of carbonyl (C=O) groups is 1. The Kier molecular flexibility index (Phi) is 8.38. The second kappa shape index (κ2) is 10.8. The highest BCUT2D eigenvalue weighted by atomic mass is 16.5. The van der Waals surface area contributed by atoms with Crippen LogP contribution >= 0.6 is 0 Å². The summed E-state index contributed by atoms with van der Waals surface area (Å²) in [7, 11) is 5.05. The van der Waals surface area contributed by atoms with Gasteiger partial charge in [0.2, 0.25) is 5.91 Å². The number of benzene rings is 1. The Bertz CT molecular complexity index is 868. The second-order valence-corrected chi connectivity index (χ2v) is 8.12. The zero-order valence-electron chi connectivity index (χ0n) is 18.9. The number of aromatic nitrogens is 1. The lowest BCUT2D eigenvalue weighted by molar-refractivity contribution is -0.128. The number of aryl methyl sites for hydroxylation is 1. The van der Waals surface area contributed by atoms with Crippen molar-refractivity contribution in [3.05, 3.63) is 23.9 Å². The van der Waals surface area contributed by atoms with E-state index in [-0.39, 0.29) is 11.3 Å². The van der Waals surface area contributed by atoms with Crippen molar-refractivity contribution in [1.82, 2.24) is 20.9 Å². The molecule has 0 radical (unpaired) electrons. The Hall–Kier alpha value is -2.90. The summed E-state index contributed by atoms with van der Waals surface area (Å²) in [6.45, 7) is 7.65. The molecule has 166 valence electrons. The van der Waals surface area contributed by atoms with Crippen molar-refractivity contribution in [2.45, 2.75) is 33.6 Å². The zero-order chi connectivity index (χ0) is 22.1. The Balaban J connectivity index is 1.76. The molecule has 0 unspecified atom stereocenters. The van der Waals surface area contributed by atoms with E-state index in [0.717, 1.165) is 53.4 Å². The van der Waals surface area contributed by atoms with Crippen LogP contribution in [0.2, 0.25) is 0 Å². The highest BCUT2D eigenvalue weighted by Gasteiger charge is 2.20. The molecule has 8 nitrogen and oxygen atoms in total. The van der Waals surface area contributed by atoms with E-state index >= 15 is 0 Å². The smallest absolute Gasteiger partial charge is 0.225 e. The Morgan fingerprint density at radius 2 is 1.73 bits per heavy atom. The van der Waals surface area contributed by atoms with Crippen LogP contribution in [0.1, 0.15) is 32.9 Å². The maximum Gasteiger partial charge on any atom is 0.225 e. The SMILES string of the molecule is CN=C(NCCCc1cc2c(OC)cc(OC)cc2[nH]1)NCCNC(=O)C(C)(C)C. The molecule has 0 aliphatic rings. The minimum atomic E-state index is -0.377. The molecule has 1 aromatic carbocycles. The predicted molar refractivity (Wildman–Crippen MR) is 122 cm³/mol. The lowest BCUT2D eigenvalue weighted by atomic mass is 9.96. The van der Waals surface area contributed by atoms with Gasteiger partial charge in [-0.1, -0.05) is 20.8 Å². The number of methoxy groups -OCH3 is 2. The van der Waals surface area contributed by atoms with Crippen LogP contribution in [0.15, 0.2) is 23.2 Å². The van der Waals surface area contributed by atoms with Gasteiger partial charge in [0.05, 0.1) is 19.7 Å². The van der Waals surface area contributed by atoms with Crippen LogP contribution in [0, 0.1) is 5.41 Å². The number of ether oxygens (including phenoxy) is 2. The summed E-state index contributed by atoms with van der Waals surface area (Å²) in [6.07, 6.45) is 1.83. The van der Waals surface area contributed by atoms with E-state index in [4.69, 9.17) is 9.47 Å². The first kappa shape index (κ1) is 23.4. The Morgan fingerprint density at radius 1 is 1.03 bits per heavy atom. The van der Waals surface area contributed by atoms with Crippen molar-refractivity contribution in [1.29, 1.82) is 0 Å².